The molecule has 0 amide bonds. The number of carboxylic acids is 1. The van der Waals surface area contributed by atoms with Crippen molar-refractivity contribution in [2.24, 2.45) is 0 Å². The third-order valence-corrected chi connectivity index (χ3v) is 3.69. The molecule has 1 saturated carbocycles. The fourth-order valence-electron chi connectivity index (χ4n) is 2.49. The molecule has 3 heteroatoms. The first-order chi connectivity index (χ1) is 8.58. The number of aryl methyl sites for hydroxylation is 1. The molecule has 0 unspecified atom stereocenters. The van der Waals surface area contributed by atoms with Crippen LogP contribution in [0.1, 0.15) is 42.4 Å². The summed E-state index contributed by atoms with van der Waals surface area (Å²) in [5.74, 6) is -0.0150. The first-order valence-corrected chi connectivity index (χ1v) is 6.55. The van der Waals surface area contributed by atoms with Gasteiger partial charge in [0.05, 0.1) is 12.5 Å². The monoisotopic (exact) mass is 248 g/mol. The minimum atomic E-state index is -0.811. The molecule has 1 aliphatic rings. The summed E-state index contributed by atoms with van der Waals surface area (Å²) in [5.41, 5.74) is 3.01. The van der Waals surface area contributed by atoms with Crippen LogP contribution in [0.2, 0.25) is 0 Å². The molecule has 0 aromatic heterocycles. The number of aliphatic carboxylic acids is 1. The zero-order valence-electron chi connectivity index (χ0n) is 11.0. The van der Waals surface area contributed by atoms with E-state index in [2.05, 4.69) is 0 Å². The van der Waals surface area contributed by atoms with Gasteiger partial charge in [-0.2, -0.15) is 0 Å². The summed E-state index contributed by atoms with van der Waals surface area (Å²) in [6.45, 7) is 4.03. The minimum absolute atomic E-state index is 0.0309. The maximum absolute atomic E-state index is 10.9. The Bertz CT molecular complexity index is 445. The van der Waals surface area contributed by atoms with Crippen LogP contribution in [0.15, 0.2) is 12.1 Å². The lowest BCUT2D eigenvalue weighted by atomic mass is 10.0. The molecule has 0 radical (unpaired) electrons. The number of hydrogen-bond acceptors (Lipinski definition) is 2. The van der Waals surface area contributed by atoms with E-state index in [4.69, 9.17) is 9.84 Å². The van der Waals surface area contributed by atoms with Crippen molar-refractivity contribution in [2.75, 3.05) is 0 Å². The van der Waals surface area contributed by atoms with Gasteiger partial charge in [0.15, 0.2) is 0 Å². The Balaban J connectivity index is 2.28. The molecule has 1 fully saturated rings. The van der Waals surface area contributed by atoms with Crippen LogP contribution in [0.25, 0.3) is 0 Å². The first-order valence-electron chi connectivity index (χ1n) is 6.55. The predicted octanol–water partition coefficient (Wildman–Crippen LogP) is 3.25. The third-order valence-electron chi connectivity index (χ3n) is 3.69. The molecule has 98 valence electrons. The fraction of sp³-hybridized carbons (Fsp3) is 0.533. The van der Waals surface area contributed by atoms with Crippen LogP contribution in [0.5, 0.6) is 5.75 Å². The lowest BCUT2D eigenvalue weighted by Gasteiger charge is -2.19. The Morgan fingerprint density at radius 2 is 2.00 bits per heavy atom. The van der Waals surface area contributed by atoms with Crippen LogP contribution < -0.4 is 4.74 Å². The van der Waals surface area contributed by atoms with E-state index >= 15 is 0 Å². The average Bonchev–Trinajstić information content (AvgIpc) is 2.81. The molecule has 1 aromatic rings. The summed E-state index contributed by atoms with van der Waals surface area (Å²) >= 11 is 0. The molecular formula is C15H20O3. The van der Waals surface area contributed by atoms with E-state index in [0.29, 0.717) is 0 Å². The highest BCUT2D eigenvalue weighted by Gasteiger charge is 2.20. The largest absolute Gasteiger partial charge is 0.490 e. The molecule has 1 aliphatic carbocycles. The van der Waals surface area contributed by atoms with E-state index in [9.17, 15) is 4.79 Å². The third kappa shape index (κ3) is 2.84. The second-order valence-corrected chi connectivity index (χ2v) is 5.09. The van der Waals surface area contributed by atoms with Gasteiger partial charge in [0, 0.05) is 5.56 Å². The average molecular weight is 248 g/mol. The molecule has 0 aliphatic heterocycles. The molecule has 2 rings (SSSR count). The van der Waals surface area contributed by atoms with Crippen molar-refractivity contribution < 1.29 is 14.6 Å². The summed E-state index contributed by atoms with van der Waals surface area (Å²) < 4.78 is 6.06. The van der Waals surface area contributed by atoms with Gasteiger partial charge < -0.3 is 9.84 Å². The summed E-state index contributed by atoms with van der Waals surface area (Å²) in [4.78, 5) is 10.9. The van der Waals surface area contributed by atoms with Crippen molar-refractivity contribution >= 4 is 5.97 Å². The van der Waals surface area contributed by atoms with Crippen molar-refractivity contribution in [1.82, 2.24) is 0 Å². The number of rotatable bonds is 4. The zero-order valence-corrected chi connectivity index (χ0v) is 11.0. The second-order valence-electron chi connectivity index (χ2n) is 5.09. The molecular weight excluding hydrogens is 228 g/mol. The van der Waals surface area contributed by atoms with Gasteiger partial charge in [-0.3, -0.25) is 4.79 Å². The Hall–Kier alpha value is -1.51. The van der Waals surface area contributed by atoms with Crippen LogP contribution in [0.4, 0.5) is 0 Å². The van der Waals surface area contributed by atoms with Crippen molar-refractivity contribution in [2.45, 2.75) is 52.1 Å². The first kappa shape index (κ1) is 12.9. The van der Waals surface area contributed by atoms with Crippen molar-refractivity contribution in [3.05, 3.63) is 28.8 Å². The van der Waals surface area contributed by atoms with Gasteiger partial charge in [0.25, 0.3) is 0 Å². The quantitative estimate of drug-likeness (QED) is 0.889. The highest BCUT2D eigenvalue weighted by Crippen LogP contribution is 2.31. The number of carboxylic acid groups (broad SMARTS) is 1. The van der Waals surface area contributed by atoms with E-state index in [1.807, 2.05) is 26.0 Å². The maximum Gasteiger partial charge on any atom is 0.307 e. The summed E-state index contributed by atoms with van der Waals surface area (Å²) in [6, 6.07) is 3.84. The Morgan fingerprint density at radius 3 is 2.61 bits per heavy atom. The molecule has 3 nitrogen and oxygen atoms in total. The highest BCUT2D eigenvalue weighted by molar-refractivity contribution is 5.72. The van der Waals surface area contributed by atoms with Crippen molar-refractivity contribution in [1.29, 1.82) is 0 Å². The van der Waals surface area contributed by atoms with Gasteiger partial charge in [-0.25, -0.2) is 0 Å². The van der Waals surface area contributed by atoms with Crippen LogP contribution in [0.3, 0.4) is 0 Å². The van der Waals surface area contributed by atoms with Gasteiger partial charge in [0.1, 0.15) is 5.75 Å². The van der Waals surface area contributed by atoms with E-state index in [1.165, 1.54) is 12.8 Å². The van der Waals surface area contributed by atoms with Crippen LogP contribution in [-0.4, -0.2) is 17.2 Å². The van der Waals surface area contributed by atoms with Gasteiger partial charge >= 0.3 is 5.97 Å². The van der Waals surface area contributed by atoms with E-state index in [-0.39, 0.29) is 12.5 Å². The summed E-state index contributed by atoms with van der Waals surface area (Å²) in [5, 5.41) is 8.96. The Morgan fingerprint density at radius 1 is 1.33 bits per heavy atom. The van der Waals surface area contributed by atoms with Gasteiger partial charge in [-0.15, -0.1) is 0 Å². The SMILES string of the molecule is Cc1ccc(CC(=O)O)c(OC2CCCC2)c1C. The Kier molecular flexibility index (Phi) is 3.90. The standard InChI is InChI=1S/C15H20O3/c1-10-7-8-12(9-14(16)17)15(11(10)2)18-13-5-3-4-6-13/h7-8,13H,3-6,9H2,1-2H3,(H,16,17). The molecule has 18 heavy (non-hydrogen) atoms. The highest BCUT2D eigenvalue weighted by atomic mass is 16.5. The van der Waals surface area contributed by atoms with Crippen molar-refractivity contribution in [3.63, 3.8) is 0 Å². The number of ether oxygens (including phenoxy) is 1. The number of carbonyl (C=O) groups is 1. The second kappa shape index (κ2) is 5.42. The molecule has 0 saturated heterocycles. The minimum Gasteiger partial charge on any atom is -0.490 e. The molecule has 1 aromatic carbocycles. The normalized spacial score (nSPS) is 15.9. The molecule has 0 atom stereocenters. The summed E-state index contributed by atoms with van der Waals surface area (Å²) in [7, 11) is 0. The zero-order chi connectivity index (χ0) is 13.1. The smallest absolute Gasteiger partial charge is 0.307 e. The molecule has 1 N–H and O–H groups in total. The van der Waals surface area contributed by atoms with E-state index in [1.54, 1.807) is 0 Å². The number of hydrogen-bond donors (Lipinski definition) is 1. The van der Waals surface area contributed by atoms with Crippen LogP contribution in [-0.2, 0) is 11.2 Å². The number of benzene rings is 1. The van der Waals surface area contributed by atoms with Gasteiger partial charge in [-0.1, -0.05) is 12.1 Å². The maximum atomic E-state index is 10.9. The summed E-state index contributed by atoms with van der Waals surface area (Å²) in [6.07, 6.45) is 4.88. The van der Waals surface area contributed by atoms with Crippen LogP contribution in [0, 0.1) is 13.8 Å². The van der Waals surface area contributed by atoms with E-state index < -0.39 is 5.97 Å². The topological polar surface area (TPSA) is 46.5 Å². The lowest BCUT2D eigenvalue weighted by Crippen LogP contribution is -2.14. The molecule has 0 spiro atoms. The predicted molar refractivity (Wildman–Crippen MR) is 70.1 cm³/mol. The fourth-order valence-corrected chi connectivity index (χ4v) is 2.49. The van der Waals surface area contributed by atoms with Gasteiger partial charge in [-0.05, 0) is 50.7 Å². The lowest BCUT2D eigenvalue weighted by molar-refractivity contribution is -0.136. The molecule has 0 bridgehead atoms. The van der Waals surface area contributed by atoms with Crippen LogP contribution >= 0.6 is 0 Å². The van der Waals surface area contributed by atoms with Gasteiger partial charge in [0.2, 0.25) is 0 Å². The Labute approximate surface area is 108 Å². The van der Waals surface area contributed by atoms with Crippen molar-refractivity contribution in [3.8, 4) is 5.75 Å². The van der Waals surface area contributed by atoms with E-state index in [0.717, 1.165) is 35.3 Å². The molecule has 0 heterocycles.